The number of carbonyl (C=O) groups is 1. The summed E-state index contributed by atoms with van der Waals surface area (Å²) in [4.78, 5) is 16.4. The topological polar surface area (TPSA) is 59.8 Å². The summed E-state index contributed by atoms with van der Waals surface area (Å²) in [5.41, 5.74) is 7.25. The van der Waals surface area contributed by atoms with E-state index >= 15 is 0 Å². The highest BCUT2D eigenvalue weighted by Crippen LogP contribution is 2.27. The first-order valence-electron chi connectivity index (χ1n) is 9.45. The average molecular weight is 419 g/mol. The molecule has 152 valence electrons. The molecule has 0 radical (unpaired) electrons. The third-order valence-electron chi connectivity index (χ3n) is 5.07. The summed E-state index contributed by atoms with van der Waals surface area (Å²) < 4.78 is 1.67. The molecular weight excluding hydrogens is 396 g/mol. The van der Waals surface area contributed by atoms with Crippen molar-refractivity contribution in [1.82, 2.24) is 14.8 Å². The summed E-state index contributed by atoms with van der Waals surface area (Å²) >= 11 is 0. The lowest BCUT2D eigenvalue weighted by Crippen LogP contribution is -2.14. The Balaban J connectivity index is 0.00000256. The van der Waals surface area contributed by atoms with Crippen molar-refractivity contribution in [3.63, 3.8) is 0 Å². The number of carbonyl (C=O) groups excluding carboxylic acids is 1. The predicted molar refractivity (Wildman–Crippen MR) is 123 cm³/mol. The molecule has 0 aliphatic rings. The van der Waals surface area contributed by atoms with Gasteiger partial charge in [-0.15, -0.1) is 12.4 Å². The predicted octanol–water partition coefficient (Wildman–Crippen LogP) is 5.44. The molecule has 4 aromatic rings. The largest absolute Gasteiger partial charge is 0.307 e. The lowest BCUT2D eigenvalue weighted by Gasteiger charge is -2.06. The summed E-state index contributed by atoms with van der Waals surface area (Å²) in [5.74, 6) is 0.421. The number of halogens is 1. The summed E-state index contributed by atoms with van der Waals surface area (Å²) in [6, 6.07) is 20.1. The number of hydrogen-bond acceptors (Lipinski definition) is 3. The maximum atomic E-state index is 12.4. The second-order valence-corrected chi connectivity index (χ2v) is 7.11. The number of anilines is 1. The Bertz CT molecular complexity index is 1170. The van der Waals surface area contributed by atoms with Crippen LogP contribution in [0.1, 0.15) is 21.5 Å². The van der Waals surface area contributed by atoms with Gasteiger partial charge in [0.1, 0.15) is 5.82 Å². The van der Waals surface area contributed by atoms with E-state index in [1.807, 2.05) is 13.1 Å². The molecule has 0 saturated heterocycles. The SMILES string of the molecule is Cc1ccc(-c2ccc(-c3cc(NC(=O)c4cccnc4)n(C)n3)cc2)cc1C.Cl. The zero-order valence-corrected chi connectivity index (χ0v) is 17.9. The lowest BCUT2D eigenvalue weighted by molar-refractivity contribution is 0.102. The molecule has 1 amide bonds. The molecule has 0 aliphatic heterocycles. The molecule has 2 heterocycles. The quantitative estimate of drug-likeness (QED) is 0.480. The van der Waals surface area contributed by atoms with Crippen molar-refractivity contribution in [1.29, 1.82) is 0 Å². The number of rotatable bonds is 4. The van der Waals surface area contributed by atoms with Crippen LogP contribution in [0, 0.1) is 13.8 Å². The molecule has 6 heteroatoms. The van der Waals surface area contributed by atoms with Crippen molar-refractivity contribution in [2.24, 2.45) is 7.05 Å². The minimum Gasteiger partial charge on any atom is -0.307 e. The van der Waals surface area contributed by atoms with Crippen LogP contribution in [0.4, 0.5) is 5.82 Å². The fraction of sp³-hybridized carbons (Fsp3) is 0.125. The van der Waals surface area contributed by atoms with Crippen LogP contribution < -0.4 is 5.32 Å². The summed E-state index contributed by atoms with van der Waals surface area (Å²) in [6.45, 7) is 4.25. The Morgan fingerprint density at radius 3 is 2.27 bits per heavy atom. The third kappa shape index (κ3) is 4.42. The number of amides is 1. The highest BCUT2D eigenvalue weighted by molar-refractivity contribution is 6.03. The zero-order valence-electron chi connectivity index (χ0n) is 17.1. The van der Waals surface area contributed by atoms with E-state index < -0.39 is 0 Å². The summed E-state index contributed by atoms with van der Waals surface area (Å²) in [7, 11) is 1.81. The molecule has 2 aromatic heterocycles. The van der Waals surface area contributed by atoms with Gasteiger partial charge in [-0.25, -0.2) is 0 Å². The fourth-order valence-electron chi connectivity index (χ4n) is 3.17. The molecule has 0 fully saturated rings. The number of nitrogens with one attached hydrogen (secondary N) is 1. The van der Waals surface area contributed by atoms with Gasteiger partial charge in [0.05, 0.1) is 11.3 Å². The first-order chi connectivity index (χ1) is 14.0. The number of aryl methyl sites for hydroxylation is 3. The molecule has 1 N–H and O–H groups in total. The maximum absolute atomic E-state index is 12.4. The Hall–Kier alpha value is -3.44. The highest BCUT2D eigenvalue weighted by Gasteiger charge is 2.12. The van der Waals surface area contributed by atoms with Crippen LogP contribution in [-0.4, -0.2) is 20.7 Å². The van der Waals surface area contributed by atoms with Crippen LogP contribution >= 0.6 is 12.4 Å². The van der Waals surface area contributed by atoms with Gasteiger partial charge >= 0.3 is 0 Å². The molecule has 2 aromatic carbocycles. The smallest absolute Gasteiger partial charge is 0.258 e. The minimum absolute atomic E-state index is 0. The molecule has 0 spiro atoms. The van der Waals surface area contributed by atoms with Crippen molar-refractivity contribution < 1.29 is 4.79 Å². The Labute approximate surface area is 182 Å². The van der Waals surface area contributed by atoms with Crippen molar-refractivity contribution >= 4 is 24.1 Å². The standard InChI is InChI=1S/C24H22N4O.ClH/c1-16-6-7-20(13-17(16)2)18-8-10-19(11-9-18)22-14-23(28(3)27-22)26-24(29)21-5-4-12-25-15-21;/h4-15H,1-3H3,(H,26,29);1H. The molecule has 5 nitrogen and oxygen atoms in total. The zero-order chi connectivity index (χ0) is 20.4. The average Bonchev–Trinajstić information content (AvgIpc) is 3.11. The molecule has 0 aliphatic carbocycles. The van der Waals surface area contributed by atoms with Gasteiger partial charge in [0, 0.05) is 31.1 Å². The van der Waals surface area contributed by atoms with Gasteiger partial charge in [0.2, 0.25) is 0 Å². The Morgan fingerprint density at radius 1 is 0.900 bits per heavy atom. The van der Waals surface area contributed by atoms with E-state index in [1.54, 1.807) is 23.0 Å². The molecule has 0 atom stereocenters. The van der Waals surface area contributed by atoms with Gasteiger partial charge in [-0.05, 0) is 48.2 Å². The number of aromatic nitrogens is 3. The third-order valence-corrected chi connectivity index (χ3v) is 5.07. The minimum atomic E-state index is -0.210. The Kier molecular flexibility index (Phi) is 6.33. The van der Waals surface area contributed by atoms with Crippen LogP contribution in [0.5, 0.6) is 0 Å². The van der Waals surface area contributed by atoms with Gasteiger partial charge in [0.25, 0.3) is 5.91 Å². The molecule has 0 saturated carbocycles. The van der Waals surface area contributed by atoms with Gasteiger partial charge in [-0.2, -0.15) is 5.10 Å². The molecule has 4 rings (SSSR count). The molecular formula is C24H23ClN4O. The molecule has 0 unspecified atom stereocenters. The van der Waals surface area contributed by atoms with E-state index in [2.05, 4.69) is 71.7 Å². The van der Waals surface area contributed by atoms with Crippen molar-refractivity contribution in [2.75, 3.05) is 5.32 Å². The van der Waals surface area contributed by atoms with Crippen LogP contribution in [0.2, 0.25) is 0 Å². The van der Waals surface area contributed by atoms with E-state index in [0.717, 1.165) is 16.8 Å². The highest BCUT2D eigenvalue weighted by atomic mass is 35.5. The Morgan fingerprint density at radius 2 is 1.60 bits per heavy atom. The fourth-order valence-corrected chi connectivity index (χ4v) is 3.17. The number of nitrogens with zero attached hydrogens (tertiary/aromatic N) is 3. The van der Waals surface area contributed by atoms with Crippen LogP contribution in [0.15, 0.2) is 73.1 Å². The van der Waals surface area contributed by atoms with Crippen LogP contribution in [-0.2, 0) is 7.05 Å². The van der Waals surface area contributed by atoms with E-state index in [9.17, 15) is 4.79 Å². The van der Waals surface area contributed by atoms with Gasteiger partial charge in [-0.1, -0.05) is 42.5 Å². The summed E-state index contributed by atoms with van der Waals surface area (Å²) in [5, 5.41) is 7.43. The number of hydrogen-bond donors (Lipinski definition) is 1. The van der Waals surface area contributed by atoms with Gasteiger partial charge < -0.3 is 5.32 Å². The summed E-state index contributed by atoms with van der Waals surface area (Å²) in [6.07, 6.45) is 3.18. The normalized spacial score (nSPS) is 10.4. The van der Waals surface area contributed by atoms with E-state index in [0.29, 0.717) is 11.4 Å². The molecule has 0 bridgehead atoms. The van der Waals surface area contributed by atoms with Gasteiger partial charge in [-0.3, -0.25) is 14.5 Å². The second kappa shape index (κ2) is 8.93. The number of benzene rings is 2. The van der Waals surface area contributed by atoms with Gasteiger partial charge in [0.15, 0.2) is 0 Å². The van der Waals surface area contributed by atoms with Crippen molar-refractivity contribution in [3.8, 4) is 22.4 Å². The van der Waals surface area contributed by atoms with Crippen LogP contribution in [0.3, 0.4) is 0 Å². The van der Waals surface area contributed by atoms with Crippen molar-refractivity contribution in [3.05, 3.63) is 89.7 Å². The van der Waals surface area contributed by atoms with E-state index in [4.69, 9.17) is 0 Å². The lowest BCUT2D eigenvalue weighted by atomic mass is 9.99. The second-order valence-electron chi connectivity index (χ2n) is 7.11. The first kappa shape index (κ1) is 21.3. The first-order valence-corrected chi connectivity index (χ1v) is 9.45. The molecule has 30 heavy (non-hydrogen) atoms. The maximum Gasteiger partial charge on any atom is 0.258 e. The number of pyridine rings is 1. The van der Waals surface area contributed by atoms with E-state index in [1.165, 1.54) is 22.9 Å². The van der Waals surface area contributed by atoms with Crippen molar-refractivity contribution in [2.45, 2.75) is 13.8 Å². The van der Waals surface area contributed by atoms with Crippen LogP contribution in [0.25, 0.3) is 22.4 Å². The van der Waals surface area contributed by atoms with E-state index in [-0.39, 0.29) is 18.3 Å². The monoisotopic (exact) mass is 418 g/mol.